The summed E-state index contributed by atoms with van der Waals surface area (Å²) in [6.45, 7) is 7.02. The third kappa shape index (κ3) is 3.46. The van der Waals surface area contributed by atoms with Gasteiger partial charge in [-0.3, -0.25) is 9.88 Å². The summed E-state index contributed by atoms with van der Waals surface area (Å²) < 4.78 is 5.30. The van der Waals surface area contributed by atoms with Gasteiger partial charge in [-0.1, -0.05) is 19.1 Å². The second-order valence-electron chi connectivity index (χ2n) is 5.84. The predicted molar refractivity (Wildman–Crippen MR) is 84.9 cm³/mol. The zero-order valence-electron chi connectivity index (χ0n) is 12.5. The predicted octanol–water partition coefficient (Wildman–Crippen LogP) is 2.29. The molecule has 0 saturated carbocycles. The van der Waals surface area contributed by atoms with Crippen LogP contribution in [0.5, 0.6) is 5.75 Å². The minimum atomic E-state index is 0.0174. The van der Waals surface area contributed by atoms with Gasteiger partial charge in [0.2, 0.25) is 0 Å². The van der Waals surface area contributed by atoms with Gasteiger partial charge in [0.15, 0.2) is 0 Å². The van der Waals surface area contributed by atoms with E-state index in [1.165, 1.54) is 0 Å². The van der Waals surface area contributed by atoms with Gasteiger partial charge < -0.3 is 10.5 Å². The number of ether oxygens (including phenoxy) is 1. The minimum Gasteiger partial charge on any atom is -0.497 e. The molecule has 2 rings (SSSR count). The molecule has 4 nitrogen and oxygen atoms in total. The van der Waals surface area contributed by atoms with E-state index in [9.17, 15) is 0 Å². The summed E-state index contributed by atoms with van der Waals surface area (Å²) in [6, 6.07) is 3.96. The summed E-state index contributed by atoms with van der Waals surface area (Å²) in [5.74, 6) is 0.873. The summed E-state index contributed by atoms with van der Waals surface area (Å²) in [5.41, 5.74) is 7.91. The first-order valence-corrected chi connectivity index (χ1v) is 7.37. The zero-order chi connectivity index (χ0) is 14.8. The average molecular weight is 293 g/mol. The largest absolute Gasteiger partial charge is 0.497 e. The van der Waals surface area contributed by atoms with E-state index >= 15 is 0 Å². The molecule has 0 aliphatic carbocycles. The average Bonchev–Trinajstić information content (AvgIpc) is 2.40. The summed E-state index contributed by atoms with van der Waals surface area (Å²) in [5, 5.41) is 0. The van der Waals surface area contributed by atoms with Crippen molar-refractivity contribution < 1.29 is 4.74 Å². The molecule has 2 heterocycles. The molecule has 1 fully saturated rings. The van der Waals surface area contributed by atoms with Crippen molar-refractivity contribution in [3.05, 3.63) is 23.5 Å². The molecule has 0 bridgehead atoms. The van der Waals surface area contributed by atoms with E-state index in [1.54, 1.807) is 7.11 Å². The highest BCUT2D eigenvalue weighted by Crippen LogP contribution is 2.31. The van der Waals surface area contributed by atoms with Crippen molar-refractivity contribution in [3.8, 4) is 5.75 Å². The minimum absolute atomic E-state index is 0.0174. The Morgan fingerprint density at radius 1 is 1.45 bits per heavy atom. The lowest BCUT2D eigenvalue weighted by Gasteiger charge is -2.38. The van der Waals surface area contributed by atoms with Crippen molar-refractivity contribution in [2.24, 2.45) is 11.1 Å². The van der Waals surface area contributed by atoms with Crippen LogP contribution < -0.4 is 10.5 Å². The van der Waals surface area contributed by atoms with E-state index in [1.807, 2.05) is 19.1 Å². The molecular formula is C15H23N3OS. The SMILES string of the molecule is COc1cc(C)nc(CN2CCC(C)(C(N)=S)CC2)c1. The molecule has 0 atom stereocenters. The standard InChI is InChI=1S/C15H23N3OS/c1-11-8-13(19-3)9-12(17-11)10-18-6-4-15(2,5-7-18)14(16)20/h8-9H,4-7,10H2,1-3H3,(H2,16,20). The van der Waals surface area contributed by atoms with Gasteiger partial charge in [-0.15, -0.1) is 0 Å². The summed E-state index contributed by atoms with van der Waals surface area (Å²) >= 11 is 5.18. The molecular weight excluding hydrogens is 270 g/mol. The number of rotatable bonds is 4. The Bertz CT molecular complexity index is 496. The van der Waals surface area contributed by atoms with E-state index in [2.05, 4.69) is 16.8 Å². The first kappa shape index (κ1) is 15.2. The number of aryl methyl sites for hydroxylation is 1. The van der Waals surface area contributed by atoms with Crippen LogP contribution in [-0.4, -0.2) is 35.1 Å². The van der Waals surface area contributed by atoms with E-state index in [0.29, 0.717) is 4.99 Å². The van der Waals surface area contributed by atoms with Gasteiger partial charge in [-0.25, -0.2) is 0 Å². The zero-order valence-corrected chi connectivity index (χ0v) is 13.3. The highest BCUT2D eigenvalue weighted by atomic mass is 32.1. The monoisotopic (exact) mass is 293 g/mol. The molecule has 1 aromatic rings. The number of thiocarbonyl (C=S) groups is 1. The lowest BCUT2D eigenvalue weighted by molar-refractivity contribution is 0.156. The molecule has 1 saturated heterocycles. The number of aromatic nitrogens is 1. The molecule has 1 aromatic heterocycles. The number of methoxy groups -OCH3 is 1. The Morgan fingerprint density at radius 3 is 2.65 bits per heavy atom. The Kier molecular flexibility index (Phi) is 4.60. The molecule has 0 amide bonds. The fraction of sp³-hybridized carbons (Fsp3) is 0.600. The topological polar surface area (TPSA) is 51.4 Å². The molecule has 1 aliphatic heterocycles. The normalized spacial score (nSPS) is 18.8. The van der Waals surface area contributed by atoms with Gasteiger partial charge in [0.25, 0.3) is 0 Å². The maximum Gasteiger partial charge on any atom is 0.122 e. The fourth-order valence-corrected chi connectivity index (χ4v) is 2.79. The van der Waals surface area contributed by atoms with Gasteiger partial charge in [-0.2, -0.15) is 0 Å². The van der Waals surface area contributed by atoms with E-state index in [4.69, 9.17) is 22.7 Å². The van der Waals surface area contributed by atoms with Crippen LogP contribution in [0, 0.1) is 12.3 Å². The van der Waals surface area contributed by atoms with Crippen LogP contribution in [0.1, 0.15) is 31.2 Å². The maximum absolute atomic E-state index is 5.84. The van der Waals surface area contributed by atoms with Gasteiger partial charge >= 0.3 is 0 Å². The molecule has 0 aromatic carbocycles. The van der Waals surface area contributed by atoms with Crippen molar-refractivity contribution in [1.29, 1.82) is 0 Å². The Morgan fingerprint density at radius 2 is 2.10 bits per heavy atom. The van der Waals surface area contributed by atoms with Gasteiger partial charge in [0.1, 0.15) is 5.75 Å². The lowest BCUT2D eigenvalue weighted by Crippen LogP contribution is -2.44. The molecule has 2 N–H and O–H groups in total. The molecule has 1 aliphatic rings. The smallest absolute Gasteiger partial charge is 0.122 e. The Balaban J connectivity index is 1.99. The Hall–Kier alpha value is -1.20. The first-order chi connectivity index (χ1) is 9.43. The van der Waals surface area contributed by atoms with Crippen molar-refractivity contribution in [3.63, 3.8) is 0 Å². The van der Waals surface area contributed by atoms with Crippen LogP contribution in [0.3, 0.4) is 0 Å². The second kappa shape index (κ2) is 6.06. The van der Waals surface area contributed by atoms with Crippen molar-refractivity contribution >= 4 is 17.2 Å². The molecule has 110 valence electrons. The lowest BCUT2D eigenvalue weighted by atomic mass is 9.80. The first-order valence-electron chi connectivity index (χ1n) is 6.97. The summed E-state index contributed by atoms with van der Waals surface area (Å²) in [6.07, 6.45) is 2.04. The molecule has 20 heavy (non-hydrogen) atoms. The van der Waals surface area contributed by atoms with E-state index in [-0.39, 0.29) is 5.41 Å². The number of piperidine rings is 1. The number of nitrogens with two attached hydrogens (primary N) is 1. The molecule has 5 heteroatoms. The third-order valence-corrected chi connectivity index (χ3v) is 4.65. The highest BCUT2D eigenvalue weighted by Gasteiger charge is 2.32. The van der Waals surface area contributed by atoms with E-state index < -0.39 is 0 Å². The molecule has 0 spiro atoms. The van der Waals surface area contributed by atoms with Crippen LogP contribution in [0.2, 0.25) is 0 Å². The third-order valence-electron chi connectivity index (χ3n) is 4.16. The van der Waals surface area contributed by atoms with Crippen LogP contribution in [0.25, 0.3) is 0 Å². The van der Waals surface area contributed by atoms with Gasteiger partial charge in [0, 0.05) is 29.8 Å². The fourth-order valence-electron chi connectivity index (χ4n) is 2.58. The van der Waals surface area contributed by atoms with Crippen LogP contribution in [0.15, 0.2) is 12.1 Å². The van der Waals surface area contributed by atoms with Crippen molar-refractivity contribution in [2.75, 3.05) is 20.2 Å². The molecule has 0 radical (unpaired) electrons. The van der Waals surface area contributed by atoms with Crippen LogP contribution >= 0.6 is 12.2 Å². The number of likely N-dealkylation sites (tertiary alicyclic amines) is 1. The molecule has 0 unspecified atom stereocenters. The van der Waals surface area contributed by atoms with Gasteiger partial charge in [0.05, 0.1) is 17.8 Å². The van der Waals surface area contributed by atoms with Crippen molar-refractivity contribution in [1.82, 2.24) is 9.88 Å². The second-order valence-corrected chi connectivity index (χ2v) is 6.28. The summed E-state index contributed by atoms with van der Waals surface area (Å²) in [4.78, 5) is 7.63. The Labute approximate surface area is 126 Å². The highest BCUT2D eigenvalue weighted by molar-refractivity contribution is 7.80. The van der Waals surface area contributed by atoms with Crippen LogP contribution in [-0.2, 0) is 6.54 Å². The summed E-state index contributed by atoms with van der Waals surface area (Å²) in [7, 11) is 1.69. The number of nitrogens with zero attached hydrogens (tertiary/aromatic N) is 2. The van der Waals surface area contributed by atoms with Crippen LogP contribution in [0.4, 0.5) is 0 Å². The van der Waals surface area contributed by atoms with E-state index in [0.717, 1.165) is 49.6 Å². The number of hydrogen-bond acceptors (Lipinski definition) is 4. The number of hydrogen-bond donors (Lipinski definition) is 1. The quantitative estimate of drug-likeness (QED) is 0.863. The maximum atomic E-state index is 5.84. The number of pyridine rings is 1. The van der Waals surface area contributed by atoms with Gasteiger partial charge in [-0.05, 0) is 32.9 Å². The van der Waals surface area contributed by atoms with Crippen molar-refractivity contribution in [2.45, 2.75) is 33.2 Å².